The van der Waals surface area contributed by atoms with Crippen LogP contribution in [0.2, 0.25) is 0 Å². The van der Waals surface area contributed by atoms with Crippen LogP contribution in [0.15, 0.2) is 24.5 Å². The molecule has 1 N–H and O–H groups in total. The van der Waals surface area contributed by atoms with E-state index in [0.29, 0.717) is 16.3 Å². The van der Waals surface area contributed by atoms with Crippen molar-refractivity contribution in [2.45, 2.75) is 63.5 Å². The van der Waals surface area contributed by atoms with Crippen LogP contribution in [0.25, 0.3) is 0 Å². The van der Waals surface area contributed by atoms with Gasteiger partial charge in [-0.1, -0.05) is 25.7 Å². The van der Waals surface area contributed by atoms with Crippen LogP contribution in [0.3, 0.4) is 0 Å². The van der Waals surface area contributed by atoms with Crippen LogP contribution in [0.1, 0.15) is 61.7 Å². The molecule has 0 aromatic carbocycles. The average molecular weight is 317 g/mol. The number of aromatic nitrogens is 1. The second-order valence-corrected chi connectivity index (χ2v) is 6.90. The molecule has 0 spiro atoms. The smallest absolute Gasteiger partial charge is 0.251 e. The number of amides is 1. The molecular formula is C18H27N3O2. The summed E-state index contributed by atoms with van der Waals surface area (Å²) in [7, 11) is 0. The summed E-state index contributed by atoms with van der Waals surface area (Å²) in [6.45, 7) is 2.13. The van der Waals surface area contributed by atoms with Crippen molar-refractivity contribution in [2.24, 2.45) is 0 Å². The molecule has 126 valence electrons. The highest BCUT2D eigenvalue weighted by Gasteiger charge is 2.27. The first-order chi connectivity index (χ1) is 11.2. The second-order valence-electron chi connectivity index (χ2n) is 6.90. The third-order valence-electron chi connectivity index (χ3n) is 5.19. The van der Waals surface area contributed by atoms with E-state index in [2.05, 4.69) is 10.2 Å². The van der Waals surface area contributed by atoms with Gasteiger partial charge in [-0.2, -0.15) is 4.73 Å². The average Bonchev–Trinajstić information content (AvgIpc) is 2.85. The van der Waals surface area contributed by atoms with Crippen LogP contribution in [-0.2, 0) is 0 Å². The van der Waals surface area contributed by atoms with Gasteiger partial charge in [0, 0.05) is 30.8 Å². The van der Waals surface area contributed by atoms with Gasteiger partial charge in [-0.25, -0.2) is 0 Å². The van der Waals surface area contributed by atoms with Crippen LogP contribution in [0.4, 0.5) is 0 Å². The van der Waals surface area contributed by atoms with Crippen molar-refractivity contribution in [3.63, 3.8) is 0 Å². The zero-order valence-corrected chi connectivity index (χ0v) is 13.7. The number of hydrogen-bond acceptors (Lipinski definition) is 3. The summed E-state index contributed by atoms with van der Waals surface area (Å²) in [6, 6.07) is 4.08. The SMILES string of the molecule is O=C(N[C@H]1CCCN(C2CCCCCC2)C1)c1cc[n+]([O-])cc1. The summed E-state index contributed by atoms with van der Waals surface area (Å²) >= 11 is 0. The first kappa shape index (κ1) is 16.2. The van der Waals surface area contributed by atoms with Gasteiger partial charge < -0.3 is 10.5 Å². The van der Waals surface area contributed by atoms with Gasteiger partial charge in [0.15, 0.2) is 12.4 Å². The van der Waals surface area contributed by atoms with Crippen molar-refractivity contribution in [2.75, 3.05) is 13.1 Å². The fourth-order valence-electron chi connectivity index (χ4n) is 3.91. The van der Waals surface area contributed by atoms with Crippen molar-refractivity contribution in [1.29, 1.82) is 0 Å². The van der Waals surface area contributed by atoms with E-state index < -0.39 is 0 Å². The van der Waals surface area contributed by atoms with Crippen molar-refractivity contribution < 1.29 is 9.52 Å². The molecular weight excluding hydrogens is 290 g/mol. The Balaban J connectivity index is 1.55. The lowest BCUT2D eigenvalue weighted by Crippen LogP contribution is -2.51. The van der Waals surface area contributed by atoms with Gasteiger partial charge in [-0.3, -0.25) is 9.69 Å². The topological polar surface area (TPSA) is 59.3 Å². The zero-order chi connectivity index (χ0) is 16.1. The van der Waals surface area contributed by atoms with Crippen LogP contribution >= 0.6 is 0 Å². The quantitative estimate of drug-likeness (QED) is 0.528. The molecule has 23 heavy (non-hydrogen) atoms. The molecule has 0 radical (unpaired) electrons. The van der Waals surface area contributed by atoms with E-state index in [0.717, 1.165) is 19.4 Å². The molecule has 3 rings (SSSR count). The number of rotatable bonds is 3. The van der Waals surface area contributed by atoms with Crippen molar-refractivity contribution >= 4 is 5.91 Å². The number of nitrogens with zero attached hydrogens (tertiary/aromatic N) is 2. The first-order valence-corrected chi connectivity index (χ1v) is 8.96. The normalized spacial score (nSPS) is 24.1. The van der Waals surface area contributed by atoms with E-state index in [9.17, 15) is 10.0 Å². The minimum absolute atomic E-state index is 0.0710. The maximum Gasteiger partial charge on any atom is 0.251 e. The van der Waals surface area contributed by atoms with Gasteiger partial charge in [0.2, 0.25) is 0 Å². The number of carbonyl (C=O) groups excluding carboxylic acids is 1. The molecule has 2 aliphatic rings. The van der Waals surface area contributed by atoms with Gasteiger partial charge in [-0.05, 0) is 32.2 Å². The Hall–Kier alpha value is -1.62. The third-order valence-corrected chi connectivity index (χ3v) is 5.19. The molecule has 1 saturated carbocycles. The highest BCUT2D eigenvalue weighted by Crippen LogP contribution is 2.24. The lowest BCUT2D eigenvalue weighted by Gasteiger charge is -2.38. The summed E-state index contributed by atoms with van der Waals surface area (Å²) in [6.07, 6.45) is 13.0. The number of pyridine rings is 1. The molecule has 1 atom stereocenters. The highest BCUT2D eigenvalue weighted by molar-refractivity contribution is 5.94. The Kier molecular flexibility index (Phi) is 5.49. The number of nitrogens with one attached hydrogen (secondary N) is 1. The molecule has 1 aliphatic heterocycles. The lowest BCUT2D eigenvalue weighted by molar-refractivity contribution is -0.605. The third kappa shape index (κ3) is 4.44. The Labute approximate surface area is 138 Å². The van der Waals surface area contributed by atoms with Gasteiger partial charge >= 0.3 is 0 Å². The minimum atomic E-state index is -0.0710. The number of carbonyl (C=O) groups is 1. The van der Waals surface area contributed by atoms with Gasteiger partial charge in [0.05, 0.1) is 5.56 Å². The first-order valence-electron chi connectivity index (χ1n) is 8.96. The van der Waals surface area contributed by atoms with Gasteiger partial charge in [0.25, 0.3) is 5.91 Å². The Bertz CT molecular complexity index is 510. The summed E-state index contributed by atoms with van der Waals surface area (Å²) in [5.41, 5.74) is 0.559. The van der Waals surface area contributed by atoms with Crippen molar-refractivity contribution in [3.8, 4) is 0 Å². The van der Waals surface area contributed by atoms with Gasteiger partial charge in [-0.15, -0.1) is 0 Å². The summed E-state index contributed by atoms with van der Waals surface area (Å²) in [5.74, 6) is -0.0710. The molecule has 1 aromatic heterocycles. The minimum Gasteiger partial charge on any atom is -0.619 e. The van der Waals surface area contributed by atoms with Crippen molar-refractivity contribution in [3.05, 3.63) is 35.3 Å². The second kappa shape index (κ2) is 7.77. The van der Waals surface area contributed by atoms with E-state index in [1.54, 1.807) is 12.1 Å². The Morgan fingerprint density at radius 2 is 1.78 bits per heavy atom. The van der Waals surface area contributed by atoms with Crippen LogP contribution in [0.5, 0.6) is 0 Å². The van der Waals surface area contributed by atoms with Gasteiger partial charge in [0.1, 0.15) is 0 Å². The Morgan fingerprint density at radius 3 is 2.48 bits per heavy atom. The molecule has 1 aliphatic carbocycles. The van der Waals surface area contributed by atoms with Crippen LogP contribution in [-0.4, -0.2) is 36.0 Å². The van der Waals surface area contributed by atoms with Crippen molar-refractivity contribution in [1.82, 2.24) is 10.2 Å². The predicted molar refractivity (Wildman–Crippen MR) is 89.0 cm³/mol. The maximum atomic E-state index is 12.3. The molecule has 1 aromatic rings. The zero-order valence-electron chi connectivity index (χ0n) is 13.7. The molecule has 1 saturated heterocycles. The van der Waals surface area contributed by atoms with E-state index in [-0.39, 0.29) is 11.9 Å². The van der Waals surface area contributed by atoms with Crippen LogP contribution in [0, 0.1) is 5.21 Å². The summed E-state index contributed by atoms with van der Waals surface area (Å²) < 4.78 is 0.700. The summed E-state index contributed by atoms with van der Waals surface area (Å²) in [4.78, 5) is 14.9. The molecule has 1 amide bonds. The molecule has 5 nitrogen and oxygen atoms in total. The van der Waals surface area contributed by atoms with E-state index in [1.807, 2.05) is 0 Å². The highest BCUT2D eigenvalue weighted by atomic mass is 16.5. The summed E-state index contributed by atoms with van der Waals surface area (Å²) in [5, 5.41) is 14.2. The van der Waals surface area contributed by atoms with E-state index in [4.69, 9.17) is 0 Å². The monoisotopic (exact) mass is 317 g/mol. The molecule has 0 bridgehead atoms. The fraction of sp³-hybridized carbons (Fsp3) is 0.667. The molecule has 5 heteroatoms. The largest absolute Gasteiger partial charge is 0.619 e. The molecule has 2 heterocycles. The number of likely N-dealkylation sites (tertiary alicyclic amines) is 1. The standard InChI is InChI=1S/C18H27N3O2/c22-18(15-9-12-21(23)13-10-15)19-16-6-5-11-20(14-16)17-7-3-1-2-4-8-17/h9-10,12-13,16-17H,1-8,11,14H2,(H,19,22)/t16-/m0/s1. The Morgan fingerprint density at radius 1 is 1.09 bits per heavy atom. The lowest BCUT2D eigenvalue weighted by atomic mass is 9.99. The number of hydrogen-bond donors (Lipinski definition) is 1. The molecule has 0 unspecified atom stereocenters. The van der Waals surface area contributed by atoms with E-state index in [1.165, 1.54) is 57.5 Å². The number of piperidine rings is 1. The predicted octanol–water partition coefficient (Wildman–Crippen LogP) is 2.24. The fourth-order valence-corrected chi connectivity index (χ4v) is 3.91. The van der Waals surface area contributed by atoms with Crippen LogP contribution < -0.4 is 10.0 Å². The maximum absolute atomic E-state index is 12.3. The van der Waals surface area contributed by atoms with E-state index >= 15 is 0 Å². The molecule has 2 fully saturated rings.